The van der Waals surface area contributed by atoms with Gasteiger partial charge in [-0.1, -0.05) is 12.1 Å². The van der Waals surface area contributed by atoms with Crippen LogP contribution in [0.1, 0.15) is 18.4 Å². The van der Waals surface area contributed by atoms with Gasteiger partial charge in [-0.25, -0.2) is 4.39 Å². The van der Waals surface area contributed by atoms with Crippen molar-refractivity contribution in [3.8, 4) is 0 Å². The molecule has 1 saturated carbocycles. The van der Waals surface area contributed by atoms with Crippen molar-refractivity contribution in [2.75, 3.05) is 0 Å². The zero-order valence-electron chi connectivity index (χ0n) is 7.61. The van der Waals surface area contributed by atoms with Crippen molar-refractivity contribution in [1.82, 2.24) is 0 Å². The maximum atomic E-state index is 12.6. The fraction of sp³-hybridized carbons (Fsp3) is 0.400. The van der Waals surface area contributed by atoms with Crippen LogP contribution >= 0.6 is 12.4 Å². The van der Waals surface area contributed by atoms with Crippen molar-refractivity contribution in [3.05, 3.63) is 35.6 Å². The lowest BCUT2D eigenvalue weighted by molar-refractivity contribution is -0.0523. The number of hydrogen-bond donors (Lipinski definition) is 2. The molecule has 0 heterocycles. The summed E-state index contributed by atoms with van der Waals surface area (Å²) in [5.41, 5.74) is 5.53. The van der Waals surface area contributed by atoms with Crippen LogP contribution in [-0.2, 0) is 5.60 Å². The van der Waals surface area contributed by atoms with E-state index in [1.807, 2.05) is 0 Å². The van der Waals surface area contributed by atoms with Crippen molar-refractivity contribution >= 4 is 12.4 Å². The Bertz CT molecular complexity index is 308. The van der Waals surface area contributed by atoms with Crippen LogP contribution in [0.25, 0.3) is 0 Å². The summed E-state index contributed by atoms with van der Waals surface area (Å²) in [6.45, 7) is 0. The second-order valence-corrected chi connectivity index (χ2v) is 3.71. The molecule has 0 spiro atoms. The molecule has 0 atom stereocenters. The van der Waals surface area contributed by atoms with Gasteiger partial charge in [0, 0.05) is 6.04 Å². The number of hydrogen-bond acceptors (Lipinski definition) is 2. The summed E-state index contributed by atoms with van der Waals surface area (Å²) in [5.74, 6) is -0.282. The van der Waals surface area contributed by atoms with E-state index >= 15 is 0 Å². The van der Waals surface area contributed by atoms with Crippen LogP contribution in [0.3, 0.4) is 0 Å². The van der Waals surface area contributed by atoms with Crippen molar-refractivity contribution in [2.45, 2.75) is 24.5 Å². The quantitative estimate of drug-likeness (QED) is 0.750. The lowest BCUT2D eigenvalue weighted by atomic mass is 9.72. The number of nitrogens with two attached hydrogens (primary N) is 1. The Labute approximate surface area is 88.3 Å². The van der Waals surface area contributed by atoms with Crippen molar-refractivity contribution in [1.29, 1.82) is 0 Å². The molecular formula is C10H13ClFNO. The minimum absolute atomic E-state index is 0. The van der Waals surface area contributed by atoms with Gasteiger partial charge in [0.25, 0.3) is 0 Å². The highest BCUT2D eigenvalue weighted by atomic mass is 35.5. The van der Waals surface area contributed by atoms with Gasteiger partial charge in [-0.2, -0.15) is 0 Å². The Hall–Kier alpha value is -0.640. The van der Waals surface area contributed by atoms with Crippen LogP contribution in [-0.4, -0.2) is 11.1 Å². The number of rotatable bonds is 1. The minimum Gasteiger partial charge on any atom is -0.385 e. The lowest BCUT2D eigenvalue weighted by Gasteiger charge is -2.42. The Morgan fingerprint density at radius 1 is 1.29 bits per heavy atom. The maximum absolute atomic E-state index is 12.6. The van der Waals surface area contributed by atoms with Crippen LogP contribution in [0.4, 0.5) is 4.39 Å². The molecule has 2 rings (SSSR count). The van der Waals surface area contributed by atoms with E-state index in [1.165, 1.54) is 12.1 Å². The molecule has 78 valence electrons. The monoisotopic (exact) mass is 217 g/mol. The molecule has 3 N–H and O–H groups in total. The molecule has 0 aliphatic heterocycles. The third-order valence-corrected chi connectivity index (χ3v) is 2.58. The van der Waals surface area contributed by atoms with E-state index in [4.69, 9.17) is 5.73 Å². The van der Waals surface area contributed by atoms with Gasteiger partial charge in [0.1, 0.15) is 5.82 Å². The van der Waals surface area contributed by atoms with Crippen LogP contribution in [0.15, 0.2) is 24.3 Å². The molecule has 0 aromatic heterocycles. The number of aliphatic hydroxyl groups is 1. The smallest absolute Gasteiger partial charge is 0.123 e. The van der Waals surface area contributed by atoms with Gasteiger partial charge in [0.15, 0.2) is 0 Å². The first-order valence-electron chi connectivity index (χ1n) is 4.34. The molecule has 4 heteroatoms. The largest absolute Gasteiger partial charge is 0.385 e. The Balaban J connectivity index is 0.000000980. The molecule has 2 nitrogen and oxygen atoms in total. The first-order chi connectivity index (χ1) is 6.10. The van der Waals surface area contributed by atoms with Gasteiger partial charge < -0.3 is 10.8 Å². The second kappa shape index (κ2) is 3.85. The van der Waals surface area contributed by atoms with Crippen LogP contribution in [0.2, 0.25) is 0 Å². The number of halogens is 2. The summed E-state index contributed by atoms with van der Waals surface area (Å²) < 4.78 is 12.6. The summed E-state index contributed by atoms with van der Waals surface area (Å²) in [6.07, 6.45) is 1.14. The average Bonchev–Trinajstić information content (AvgIpc) is 2.03. The Kier molecular flexibility index (Phi) is 3.14. The number of benzene rings is 1. The maximum Gasteiger partial charge on any atom is 0.123 e. The third-order valence-electron chi connectivity index (χ3n) is 2.58. The fourth-order valence-electron chi connectivity index (χ4n) is 1.80. The Morgan fingerprint density at radius 3 is 2.21 bits per heavy atom. The minimum atomic E-state index is -0.812. The topological polar surface area (TPSA) is 46.2 Å². The molecule has 0 amide bonds. The Morgan fingerprint density at radius 2 is 1.79 bits per heavy atom. The summed E-state index contributed by atoms with van der Waals surface area (Å²) in [5, 5.41) is 9.94. The second-order valence-electron chi connectivity index (χ2n) is 3.71. The zero-order chi connectivity index (χ0) is 9.47. The van der Waals surface area contributed by atoms with E-state index in [9.17, 15) is 9.50 Å². The summed E-state index contributed by atoms with van der Waals surface area (Å²) in [7, 11) is 0. The molecule has 1 aromatic carbocycles. The SMILES string of the molecule is Cl.NC1CC(O)(c2ccc(F)cc2)C1. The molecule has 1 aromatic rings. The molecule has 1 fully saturated rings. The highest BCUT2D eigenvalue weighted by Crippen LogP contribution is 2.40. The molecule has 1 aliphatic carbocycles. The van der Waals surface area contributed by atoms with E-state index in [0.717, 1.165) is 5.56 Å². The van der Waals surface area contributed by atoms with Crippen molar-refractivity contribution in [2.24, 2.45) is 5.73 Å². The van der Waals surface area contributed by atoms with E-state index in [2.05, 4.69) is 0 Å². The van der Waals surface area contributed by atoms with Crippen LogP contribution < -0.4 is 5.73 Å². The van der Waals surface area contributed by atoms with E-state index in [-0.39, 0.29) is 24.3 Å². The summed E-state index contributed by atoms with van der Waals surface area (Å²) in [4.78, 5) is 0. The van der Waals surface area contributed by atoms with Gasteiger partial charge in [-0.15, -0.1) is 12.4 Å². The van der Waals surface area contributed by atoms with E-state index in [0.29, 0.717) is 12.8 Å². The van der Waals surface area contributed by atoms with Crippen LogP contribution in [0, 0.1) is 5.82 Å². The first-order valence-corrected chi connectivity index (χ1v) is 4.34. The third kappa shape index (κ3) is 1.90. The summed E-state index contributed by atoms with van der Waals surface area (Å²) >= 11 is 0. The summed E-state index contributed by atoms with van der Waals surface area (Å²) in [6, 6.07) is 6.02. The molecule has 0 bridgehead atoms. The molecule has 0 unspecified atom stereocenters. The zero-order valence-corrected chi connectivity index (χ0v) is 8.43. The fourth-order valence-corrected chi connectivity index (χ4v) is 1.80. The van der Waals surface area contributed by atoms with E-state index < -0.39 is 5.60 Å². The first kappa shape index (κ1) is 11.4. The van der Waals surface area contributed by atoms with Gasteiger partial charge in [-0.05, 0) is 30.5 Å². The lowest BCUT2D eigenvalue weighted by Crippen LogP contribution is -2.49. The van der Waals surface area contributed by atoms with Gasteiger partial charge >= 0.3 is 0 Å². The highest BCUT2D eigenvalue weighted by Gasteiger charge is 2.41. The van der Waals surface area contributed by atoms with Gasteiger partial charge in [0.05, 0.1) is 5.60 Å². The standard InChI is InChI=1S/C10H12FNO.ClH/c11-8-3-1-7(2-4-8)10(13)5-9(12)6-10;/h1-4,9,13H,5-6,12H2;1H. The van der Waals surface area contributed by atoms with Gasteiger partial charge in [-0.3, -0.25) is 0 Å². The molecular weight excluding hydrogens is 205 g/mol. The van der Waals surface area contributed by atoms with Gasteiger partial charge in [0.2, 0.25) is 0 Å². The van der Waals surface area contributed by atoms with E-state index in [1.54, 1.807) is 12.1 Å². The predicted octanol–water partition coefficient (Wildman–Crippen LogP) is 1.56. The molecule has 0 saturated heterocycles. The predicted molar refractivity (Wildman–Crippen MR) is 54.8 cm³/mol. The van der Waals surface area contributed by atoms with Crippen molar-refractivity contribution < 1.29 is 9.50 Å². The molecule has 0 radical (unpaired) electrons. The highest BCUT2D eigenvalue weighted by molar-refractivity contribution is 5.85. The van der Waals surface area contributed by atoms with Crippen LogP contribution in [0.5, 0.6) is 0 Å². The normalized spacial score (nSPS) is 30.4. The molecule has 14 heavy (non-hydrogen) atoms. The molecule has 1 aliphatic rings. The average molecular weight is 218 g/mol. The van der Waals surface area contributed by atoms with Crippen molar-refractivity contribution in [3.63, 3.8) is 0 Å².